The summed E-state index contributed by atoms with van der Waals surface area (Å²) in [7, 11) is 0. The number of hydrogen-bond donors (Lipinski definition) is 0. The lowest BCUT2D eigenvalue weighted by Crippen LogP contribution is -2.49. The molecule has 0 N–H and O–H groups in total. The highest BCUT2D eigenvalue weighted by Gasteiger charge is 2.43. The number of pyridine rings is 1. The summed E-state index contributed by atoms with van der Waals surface area (Å²) in [6, 6.07) is 6.14. The second-order valence-electron chi connectivity index (χ2n) is 9.14. The summed E-state index contributed by atoms with van der Waals surface area (Å²) in [6.45, 7) is 1.23. The molecular formula is C25H20F4N6O2. The van der Waals surface area contributed by atoms with Crippen molar-refractivity contribution in [2.45, 2.75) is 38.5 Å². The normalized spacial score (nSPS) is 18.8. The molecule has 1 saturated heterocycles. The summed E-state index contributed by atoms with van der Waals surface area (Å²) in [5.41, 5.74) is 0.371. The van der Waals surface area contributed by atoms with E-state index in [-0.39, 0.29) is 34.8 Å². The average Bonchev–Trinajstić information content (AvgIpc) is 3.32. The molecule has 190 valence electrons. The molecule has 5 heterocycles. The van der Waals surface area contributed by atoms with E-state index in [0.717, 1.165) is 6.07 Å². The Hall–Kier alpha value is -3.93. The van der Waals surface area contributed by atoms with Crippen molar-refractivity contribution in [1.82, 2.24) is 24.5 Å². The molecule has 2 aliphatic heterocycles. The Morgan fingerprint density at radius 1 is 1.08 bits per heavy atom. The standard InChI is InChI=1S/C25H20F4N6O2/c1-13-9-14(6-7-30-13)18-11-34(12-25(28,29)37-18)24-32-20(16-5-4-15(26)10-17(16)27)21-22(33-24)23(36)35-8-2-3-19(35)31-21/h4-7,9-10,18H,2-3,8,11-12H2,1H3. The van der Waals surface area contributed by atoms with E-state index in [4.69, 9.17) is 4.74 Å². The van der Waals surface area contributed by atoms with Crippen molar-refractivity contribution in [1.29, 1.82) is 0 Å². The van der Waals surface area contributed by atoms with Crippen LogP contribution >= 0.6 is 0 Å². The Balaban J connectivity index is 1.54. The molecule has 0 saturated carbocycles. The Morgan fingerprint density at radius 3 is 2.70 bits per heavy atom. The van der Waals surface area contributed by atoms with Crippen LogP contribution in [0.3, 0.4) is 0 Å². The molecule has 0 radical (unpaired) electrons. The summed E-state index contributed by atoms with van der Waals surface area (Å²) >= 11 is 0. The minimum absolute atomic E-state index is 0.0359. The molecule has 0 bridgehead atoms. The van der Waals surface area contributed by atoms with Crippen LogP contribution in [-0.2, 0) is 17.7 Å². The van der Waals surface area contributed by atoms with Crippen molar-refractivity contribution in [3.05, 3.63) is 75.6 Å². The largest absolute Gasteiger partial charge is 0.373 e. The van der Waals surface area contributed by atoms with E-state index in [1.807, 2.05) is 0 Å². The number of aromatic nitrogens is 5. The van der Waals surface area contributed by atoms with Crippen molar-refractivity contribution < 1.29 is 22.3 Å². The van der Waals surface area contributed by atoms with Crippen molar-refractivity contribution in [2.24, 2.45) is 0 Å². The van der Waals surface area contributed by atoms with Crippen LogP contribution in [-0.4, -0.2) is 43.7 Å². The highest BCUT2D eigenvalue weighted by molar-refractivity contribution is 5.89. The fourth-order valence-corrected chi connectivity index (χ4v) is 4.82. The third-order valence-electron chi connectivity index (χ3n) is 6.49. The number of benzene rings is 1. The average molecular weight is 512 g/mol. The summed E-state index contributed by atoms with van der Waals surface area (Å²) < 4.78 is 64.6. The minimum Gasteiger partial charge on any atom is -0.329 e. The predicted octanol–water partition coefficient (Wildman–Crippen LogP) is 3.95. The van der Waals surface area contributed by atoms with Crippen LogP contribution in [0.1, 0.15) is 29.6 Å². The van der Waals surface area contributed by atoms with Gasteiger partial charge in [0, 0.05) is 36.5 Å². The van der Waals surface area contributed by atoms with Gasteiger partial charge in [-0.3, -0.25) is 14.3 Å². The highest BCUT2D eigenvalue weighted by Crippen LogP contribution is 2.36. The molecule has 1 aromatic carbocycles. The topological polar surface area (TPSA) is 86.0 Å². The number of rotatable bonds is 3. The second-order valence-corrected chi connectivity index (χ2v) is 9.14. The van der Waals surface area contributed by atoms with E-state index < -0.39 is 36.0 Å². The first-order valence-corrected chi connectivity index (χ1v) is 11.7. The number of nitrogens with zero attached hydrogens (tertiary/aromatic N) is 6. The van der Waals surface area contributed by atoms with Gasteiger partial charge in [-0.1, -0.05) is 0 Å². The molecule has 12 heteroatoms. The van der Waals surface area contributed by atoms with Crippen LogP contribution in [0.25, 0.3) is 22.3 Å². The Labute approximate surface area is 207 Å². The molecule has 3 aromatic heterocycles. The first-order valence-electron chi connectivity index (χ1n) is 11.7. The monoisotopic (exact) mass is 512 g/mol. The van der Waals surface area contributed by atoms with Crippen LogP contribution in [0.4, 0.5) is 23.5 Å². The van der Waals surface area contributed by atoms with Gasteiger partial charge >= 0.3 is 6.11 Å². The quantitative estimate of drug-likeness (QED) is 0.384. The first-order chi connectivity index (χ1) is 17.7. The maximum Gasteiger partial charge on any atom is 0.373 e. The van der Waals surface area contributed by atoms with Crippen LogP contribution in [0.2, 0.25) is 0 Å². The van der Waals surface area contributed by atoms with Crippen molar-refractivity contribution in [3.8, 4) is 11.3 Å². The lowest BCUT2D eigenvalue weighted by molar-refractivity contribution is -0.269. The zero-order chi connectivity index (χ0) is 25.9. The predicted molar refractivity (Wildman–Crippen MR) is 125 cm³/mol. The van der Waals surface area contributed by atoms with Crippen LogP contribution in [0, 0.1) is 18.6 Å². The van der Waals surface area contributed by atoms with Crippen LogP contribution in [0.15, 0.2) is 41.3 Å². The second kappa shape index (κ2) is 8.58. The number of anilines is 1. The maximum atomic E-state index is 14.9. The van der Waals surface area contributed by atoms with Gasteiger partial charge in [-0.25, -0.2) is 23.7 Å². The lowest BCUT2D eigenvalue weighted by Gasteiger charge is -2.37. The summed E-state index contributed by atoms with van der Waals surface area (Å²) in [5.74, 6) is -1.42. The number of aryl methyl sites for hydroxylation is 2. The van der Waals surface area contributed by atoms with Gasteiger partial charge in [-0.2, -0.15) is 8.78 Å². The number of alkyl halides is 2. The molecule has 2 aliphatic rings. The Kier molecular flexibility index (Phi) is 5.44. The zero-order valence-corrected chi connectivity index (χ0v) is 19.6. The third kappa shape index (κ3) is 4.20. The van der Waals surface area contributed by atoms with E-state index in [1.54, 1.807) is 19.1 Å². The third-order valence-corrected chi connectivity index (χ3v) is 6.49. The van der Waals surface area contributed by atoms with Crippen LogP contribution < -0.4 is 10.5 Å². The van der Waals surface area contributed by atoms with Crippen LogP contribution in [0.5, 0.6) is 0 Å². The van der Waals surface area contributed by atoms with E-state index >= 15 is 0 Å². The van der Waals surface area contributed by atoms with Gasteiger partial charge in [-0.05, 0) is 43.2 Å². The molecule has 6 rings (SSSR count). The minimum atomic E-state index is -3.56. The molecule has 37 heavy (non-hydrogen) atoms. The molecule has 4 aromatic rings. The van der Waals surface area contributed by atoms with Crippen molar-refractivity contribution in [2.75, 3.05) is 18.0 Å². The highest BCUT2D eigenvalue weighted by atomic mass is 19.3. The Bertz CT molecular complexity index is 1610. The van der Waals surface area contributed by atoms with Gasteiger partial charge in [0.25, 0.3) is 5.56 Å². The molecule has 1 fully saturated rings. The summed E-state index contributed by atoms with van der Waals surface area (Å²) in [6.07, 6.45) is -1.87. The van der Waals surface area contributed by atoms with Gasteiger partial charge in [-0.15, -0.1) is 0 Å². The number of hydrogen-bond acceptors (Lipinski definition) is 7. The zero-order valence-electron chi connectivity index (χ0n) is 19.6. The van der Waals surface area contributed by atoms with Gasteiger partial charge in [0.15, 0.2) is 5.52 Å². The molecule has 0 amide bonds. The van der Waals surface area contributed by atoms with Gasteiger partial charge in [0.05, 0.1) is 6.54 Å². The van der Waals surface area contributed by atoms with Gasteiger partial charge in [0.1, 0.15) is 41.3 Å². The van der Waals surface area contributed by atoms with Crippen molar-refractivity contribution >= 4 is 17.0 Å². The lowest BCUT2D eigenvalue weighted by atomic mass is 10.1. The summed E-state index contributed by atoms with van der Waals surface area (Å²) in [4.78, 5) is 31.9. The van der Waals surface area contributed by atoms with E-state index in [0.29, 0.717) is 42.5 Å². The number of morpholine rings is 1. The van der Waals surface area contributed by atoms with E-state index in [1.165, 1.54) is 21.7 Å². The van der Waals surface area contributed by atoms with E-state index in [9.17, 15) is 22.4 Å². The molecule has 8 nitrogen and oxygen atoms in total. The first kappa shape index (κ1) is 23.5. The molecule has 0 spiro atoms. The Morgan fingerprint density at radius 2 is 1.92 bits per heavy atom. The van der Waals surface area contributed by atoms with Gasteiger partial charge < -0.3 is 9.64 Å². The SMILES string of the molecule is Cc1cc(C2CN(c3nc(-c4ccc(F)cc4F)c4nc5n(c(=O)c4n3)CCC5)CC(F)(F)O2)ccn1. The smallest absolute Gasteiger partial charge is 0.329 e. The molecule has 0 aliphatic carbocycles. The number of halogens is 4. The van der Waals surface area contributed by atoms with Gasteiger partial charge in [0.2, 0.25) is 5.95 Å². The summed E-state index contributed by atoms with van der Waals surface area (Å²) in [5, 5.41) is 0. The van der Waals surface area contributed by atoms with Crippen molar-refractivity contribution in [3.63, 3.8) is 0 Å². The fourth-order valence-electron chi connectivity index (χ4n) is 4.82. The molecule has 1 unspecified atom stereocenters. The fraction of sp³-hybridized carbons (Fsp3) is 0.320. The maximum absolute atomic E-state index is 14.9. The van der Waals surface area contributed by atoms with E-state index in [2.05, 4.69) is 19.9 Å². The molecular weight excluding hydrogens is 492 g/mol. The number of ether oxygens (including phenoxy) is 1. The molecule has 1 atom stereocenters. The number of fused-ring (bicyclic) bond motifs is 2.